The summed E-state index contributed by atoms with van der Waals surface area (Å²) in [5, 5.41) is 14.2. The molecule has 0 aromatic heterocycles. The summed E-state index contributed by atoms with van der Waals surface area (Å²) < 4.78 is 59.8. The van der Waals surface area contributed by atoms with Crippen molar-refractivity contribution in [1.29, 1.82) is 0 Å². The molecule has 3 rings (SSSR count). The van der Waals surface area contributed by atoms with Gasteiger partial charge < -0.3 is 14.8 Å². The molecule has 2 atom stereocenters. The summed E-state index contributed by atoms with van der Waals surface area (Å²) in [5.41, 5.74) is 0.305. The van der Waals surface area contributed by atoms with E-state index in [0.29, 0.717) is 12.1 Å². The molecule has 8 nitrogen and oxygen atoms in total. The van der Waals surface area contributed by atoms with Crippen molar-refractivity contribution in [3.05, 3.63) is 17.7 Å². The monoisotopic (exact) mass is 434 g/mol. The Hall–Kier alpha value is -1.98. The van der Waals surface area contributed by atoms with Gasteiger partial charge in [-0.05, 0) is 42.7 Å². The van der Waals surface area contributed by atoms with Gasteiger partial charge in [-0.1, -0.05) is 0 Å². The van der Waals surface area contributed by atoms with E-state index < -0.39 is 40.1 Å². The summed E-state index contributed by atoms with van der Waals surface area (Å²) in [6.07, 6.45) is 3.09. The maximum Gasteiger partial charge on any atom is 0.387 e. The lowest BCUT2D eigenvalue weighted by Gasteiger charge is -2.24. The molecule has 1 heterocycles. The minimum absolute atomic E-state index is 0.0267. The zero-order valence-corrected chi connectivity index (χ0v) is 16.9. The van der Waals surface area contributed by atoms with Crippen LogP contribution in [0.1, 0.15) is 30.7 Å². The lowest BCUT2D eigenvalue weighted by atomic mass is 9.95. The predicted molar refractivity (Wildman–Crippen MR) is 99.2 cm³/mol. The van der Waals surface area contributed by atoms with E-state index in [1.54, 1.807) is 0 Å². The molecule has 2 fully saturated rings. The average Bonchev–Trinajstić information content (AvgIpc) is 3.31. The number of benzene rings is 1. The van der Waals surface area contributed by atoms with E-state index in [4.69, 9.17) is 4.74 Å². The van der Waals surface area contributed by atoms with Crippen LogP contribution in [0, 0.1) is 5.92 Å². The number of carbonyl (C=O) groups excluding carboxylic acids is 1. The third-order valence-corrected chi connectivity index (χ3v) is 6.32. The highest BCUT2D eigenvalue weighted by atomic mass is 32.2. The molecule has 1 aliphatic heterocycles. The lowest BCUT2D eigenvalue weighted by molar-refractivity contribution is -0.142. The number of anilines is 1. The Bertz CT molecular complexity index is 875. The maximum atomic E-state index is 12.9. The fourth-order valence-corrected chi connectivity index (χ4v) is 4.51. The van der Waals surface area contributed by atoms with E-state index in [-0.39, 0.29) is 29.5 Å². The van der Waals surface area contributed by atoms with Crippen LogP contribution in [0.4, 0.5) is 14.5 Å². The number of methoxy groups -OCH3 is 1. The zero-order valence-electron chi connectivity index (χ0n) is 16.1. The van der Waals surface area contributed by atoms with Gasteiger partial charge in [0.05, 0.1) is 12.0 Å². The van der Waals surface area contributed by atoms with Gasteiger partial charge in [-0.25, -0.2) is 8.42 Å². The van der Waals surface area contributed by atoms with Crippen molar-refractivity contribution in [2.75, 3.05) is 31.5 Å². The number of hydrogen-bond donors (Lipinski definition) is 2. The number of hydroxylamine groups is 1. The van der Waals surface area contributed by atoms with Gasteiger partial charge >= 0.3 is 12.6 Å². The fourth-order valence-electron chi connectivity index (χ4n) is 3.54. The van der Waals surface area contributed by atoms with Gasteiger partial charge in [-0.15, -0.1) is 0 Å². The summed E-state index contributed by atoms with van der Waals surface area (Å²) in [6, 6.07) is 1.78. The summed E-state index contributed by atoms with van der Waals surface area (Å²) in [4.78, 5) is 11.6. The summed E-state index contributed by atoms with van der Waals surface area (Å²) in [6.45, 7) is -2.66. The molecule has 2 N–H and O–H groups in total. The zero-order chi connectivity index (χ0) is 21.3. The standard InChI is InChI=1S/C18H24F2N2O6S/c1-27-17(23)13-5-11(8-21-13)12-6-14(22(24)9-10-3-4-10)15(28-18(19)20)7-16(12)29(2,25)26/h6-7,10-11,13,18,21,24H,3-5,8-9H2,1-2H3/t11?,13-/m1/s1. The second-order valence-electron chi connectivity index (χ2n) is 7.45. The van der Waals surface area contributed by atoms with Crippen LogP contribution < -0.4 is 15.1 Å². The largest absolute Gasteiger partial charge is 0.468 e. The number of ether oxygens (including phenoxy) is 2. The normalized spacial score (nSPS) is 22.0. The number of esters is 1. The van der Waals surface area contributed by atoms with Crippen molar-refractivity contribution in [1.82, 2.24) is 5.32 Å². The molecule has 1 saturated heterocycles. The van der Waals surface area contributed by atoms with Crippen LogP contribution in [0.5, 0.6) is 5.75 Å². The molecule has 2 aliphatic rings. The van der Waals surface area contributed by atoms with Crippen LogP contribution in [0.3, 0.4) is 0 Å². The molecular weight excluding hydrogens is 410 g/mol. The van der Waals surface area contributed by atoms with Crippen molar-refractivity contribution in [2.45, 2.75) is 42.7 Å². The number of halogens is 2. The number of rotatable bonds is 8. The van der Waals surface area contributed by atoms with Crippen molar-refractivity contribution in [3.8, 4) is 5.75 Å². The Balaban J connectivity index is 2.04. The minimum atomic E-state index is -3.79. The molecule has 1 aliphatic carbocycles. The third kappa shape index (κ3) is 5.14. The highest BCUT2D eigenvalue weighted by Gasteiger charge is 2.35. The number of alkyl halides is 2. The van der Waals surface area contributed by atoms with E-state index in [2.05, 4.69) is 10.1 Å². The smallest absolute Gasteiger partial charge is 0.387 e. The van der Waals surface area contributed by atoms with Crippen LogP contribution in [-0.4, -0.2) is 58.7 Å². The Morgan fingerprint density at radius 2 is 2.07 bits per heavy atom. The van der Waals surface area contributed by atoms with Crippen molar-refractivity contribution >= 4 is 21.5 Å². The van der Waals surface area contributed by atoms with Gasteiger partial charge in [0.15, 0.2) is 15.6 Å². The number of nitrogens with zero attached hydrogens (tertiary/aromatic N) is 1. The molecule has 162 valence electrons. The van der Waals surface area contributed by atoms with Crippen molar-refractivity contribution < 1.29 is 36.7 Å². The first kappa shape index (κ1) is 21.7. The number of nitrogens with one attached hydrogen (secondary N) is 1. The molecule has 0 amide bonds. The van der Waals surface area contributed by atoms with Crippen molar-refractivity contribution in [2.24, 2.45) is 5.92 Å². The third-order valence-electron chi connectivity index (χ3n) is 5.17. The summed E-state index contributed by atoms with van der Waals surface area (Å²) >= 11 is 0. The first-order chi connectivity index (χ1) is 13.6. The quantitative estimate of drug-likeness (QED) is 0.472. The summed E-state index contributed by atoms with van der Waals surface area (Å²) in [5.74, 6) is -1.03. The number of sulfone groups is 1. The molecule has 1 saturated carbocycles. The SMILES string of the molecule is COC(=O)[C@H]1CC(c2cc(N(O)CC3CC3)c(OC(F)F)cc2S(C)(=O)=O)CN1. The minimum Gasteiger partial charge on any atom is -0.468 e. The van der Waals surface area contributed by atoms with Gasteiger partial charge in [0.25, 0.3) is 0 Å². The van der Waals surface area contributed by atoms with Crippen LogP contribution in [0.25, 0.3) is 0 Å². The Kier molecular flexibility index (Phi) is 6.30. The van der Waals surface area contributed by atoms with Crippen LogP contribution in [0.15, 0.2) is 17.0 Å². The molecule has 29 heavy (non-hydrogen) atoms. The molecule has 0 bridgehead atoms. The highest BCUT2D eigenvalue weighted by molar-refractivity contribution is 7.90. The van der Waals surface area contributed by atoms with E-state index in [1.165, 1.54) is 13.2 Å². The molecule has 1 aromatic carbocycles. The number of carbonyl (C=O) groups is 1. The van der Waals surface area contributed by atoms with Gasteiger partial charge in [-0.3, -0.25) is 15.1 Å². The Morgan fingerprint density at radius 3 is 2.62 bits per heavy atom. The first-order valence-corrected chi connectivity index (χ1v) is 11.1. The Labute approximate surface area is 167 Å². The Morgan fingerprint density at radius 1 is 1.38 bits per heavy atom. The van der Waals surface area contributed by atoms with Gasteiger partial charge in [0.1, 0.15) is 11.7 Å². The lowest BCUT2D eigenvalue weighted by Crippen LogP contribution is -2.31. The molecule has 0 spiro atoms. The second-order valence-corrected chi connectivity index (χ2v) is 9.43. The average molecular weight is 434 g/mol. The molecule has 1 aromatic rings. The first-order valence-electron chi connectivity index (χ1n) is 9.20. The van der Waals surface area contributed by atoms with Crippen molar-refractivity contribution in [3.63, 3.8) is 0 Å². The molecule has 0 radical (unpaired) electrons. The van der Waals surface area contributed by atoms with Gasteiger partial charge in [0.2, 0.25) is 0 Å². The van der Waals surface area contributed by atoms with Gasteiger partial charge in [-0.2, -0.15) is 8.78 Å². The molecule has 1 unspecified atom stereocenters. The second kappa shape index (κ2) is 8.41. The molecular formula is C18H24F2N2O6S. The van der Waals surface area contributed by atoms with E-state index in [9.17, 15) is 27.2 Å². The van der Waals surface area contributed by atoms with Crippen LogP contribution >= 0.6 is 0 Å². The number of hydrogen-bond acceptors (Lipinski definition) is 8. The molecule has 11 heteroatoms. The van der Waals surface area contributed by atoms with Crippen LogP contribution in [-0.2, 0) is 19.4 Å². The van der Waals surface area contributed by atoms with E-state index in [0.717, 1.165) is 30.2 Å². The van der Waals surface area contributed by atoms with Gasteiger partial charge in [0, 0.05) is 25.4 Å². The van der Waals surface area contributed by atoms with E-state index in [1.807, 2.05) is 0 Å². The predicted octanol–water partition coefficient (Wildman–Crippen LogP) is 1.92. The van der Waals surface area contributed by atoms with Crippen LogP contribution in [0.2, 0.25) is 0 Å². The fraction of sp³-hybridized carbons (Fsp3) is 0.611. The topological polar surface area (TPSA) is 105 Å². The van der Waals surface area contributed by atoms with E-state index >= 15 is 0 Å². The summed E-state index contributed by atoms with van der Waals surface area (Å²) in [7, 11) is -2.54. The highest BCUT2D eigenvalue weighted by Crippen LogP contribution is 2.41. The maximum absolute atomic E-state index is 12.9.